The van der Waals surface area contributed by atoms with E-state index >= 15 is 0 Å². The summed E-state index contributed by atoms with van der Waals surface area (Å²) in [7, 11) is 0. The number of aromatic nitrogens is 1. The number of hydrogen-bond donors (Lipinski definition) is 1. The van der Waals surface area contributed by atoms with Gasteiger partial charge in [0.05, 0.1) is 17.3 Å². The van der Waals surface area contributed by atoms with Crippen LogP contribution in [-0.2, 0) is 11.3 Å². The summed E-state index contributed by atoms with van der Waals surface area (Å²) in [5.74, 6) is 0. The van der Waals surface area contributed by atoms with Gasteiger partial charge in [-0.1, -0.05) is 11.6 Å². The van der Waals surface area contributed by atoms with Gasteiger partial charge >= 0.3 is 6.09 Å². The van der Waals surface area contributed by atoms with Crippen molar-refractivity contribution in [3.63, 3.8) is 0 Å². The van der Waals surface area contributed by atoms with Gasteiger partial charge < -0.3 is 10.1 Å². The number of amides is 1. The van der Waals surface area contributed by atoms with Gasteiger partial charge in [-0.05, 0) is 42.8 Å². The van der Waals surface area contributed by atoms with E-state index < -0.39 is 11.7 Å². The lowest BCUT2D eigenvalue weighted by molar-refractivity contribution is 0.0523. The van der Waals surface area contributed by atoms with Gasteiger partial charge in [0.1, 0.15) is 5.60 Å². The summed E-state index contributed by atoms with van der Waals surface area (Å²) < 4.78 is 5.85. The Morgan fingerprint density at radius 2 is 2.24 bits per heavy atom. The SMILES string of the molecule is CC(C)(C)OC(=O)NCc1ncc(Cl)cc1Br. The van der Waals surface area contributed by atoms with Crippen LogP contribution in [0.2, 0.25) is 5.02 Å². The molecule has 0 aliphatic carbocycles. The molecule has 1 aromatic heterocycles. The van der Waals surface area contributed by atoms with Crippen LogP contribution in [0.5, 0.6) is 0 Å². The van der Waals surface area contributed by atoms with Crippen molar-refractivity contribution < 1.29 is 9.53 Å². The number of carbonyl (C=O) groups excluding carboxylic acids is 1. The maximum absolute atomic E-state index is 11.4. The monoisotopic (exact) mass is 320 g/mol. The van der Waals surface area contributed by atoms with Crippen molar-refractivity contribution in [1.29, 1.82) is 0 Å². The summed E-state index contributed by atoms with van der Waals surface area (Å²) in [6.45, 7) is 5.71. The Morgan fingerprint density at radius 1 is 1.59 bits per heavy atom. The summed E-state index contributed by atoms with van der Waals surface area (Å²) >= 11 is 9.08. The molecule has 1 aromatic rings. The summed E-state index contributed by atoms with van der Waals surface area (Å²) in [6, 6.07) is 1.72. The third-order valence-corrected chi connectivity index (χ3v) is 2.58. The Hall–Kier alpha value is -0.810. The molecule has 0 spiro atoms. The van der Waals surface area contributed by atoms with Crippen molar-refractivity contribution >= 4 is 33.6 Å². The van der Waals surface area contributed by atoms with E-state index in [1.807, 2.05) is 20.8 Å². The van der Waals surface area contributed by atoms with E-state index in [4.69, 9.17) is 16.3 Å². The predicted octanol–water partition coefficient (Wildman–Crippen LogP) is 3.52. The van der Waals surface area contributed by atoms with Gasteiger partial charge in [-0.25, -0.2) is 4.79 Å². The molecule has 4 nitrogen and oxygen atoms in total. The predicted molar refractivity (Wildman–Crippen MR) is 70.0 cm³/mol. The first kappa shape index (κ1) is 14.3. The molecule has 17 heavy (non-hydrogen) atoms. The third-order valence-electron chi connectivity index (χ3n) is 1.68. The molecular weight excluding hydrogens is 307 g/mol. The van der Waals surface area contributed by atoms with Gasteiger partial charge in [0.15, 0.2) is 0 Å². The fraction of sp³-hybridized carbons (Fsp3) is 0.455. The lowest BCUT2D eigenvalue weighted by Crippen LogP contribution is -2.32. The van der Waals surface area contributed by atoms with Crippen molar-refractivity contribution in [3.05, 3.63) is 27.5 Å². The van der Waals surface area contributed by atoms with E-state index in [0.717, 1.165) is 4.47 Å². The second-order valence-corrected chi connectivity index (χ2v) is 5.73. The Bertz CT molecular complexity index is 418. The van der Waals surface area contributed by atoms with Crippen molar-refractivity contribution in [3.8, 4) is 0 Å². The molecule has 1 N–H and O–H groups in total. The van der Waals surface area contributed by atoms with Crippen LogP contribution < -0.4 is 5.32 Å². The Kier molecular flexibility index (Phi) is 4.77. The largest absolute Gasteiger partial charge is 0.444 e. The molecular formula is C11H14BrClN2O2. The van der Waals surface area contributed by atoms with Crippen LogP contribution in [0.3, 0.4) is 0 Å². The molecule has 0 radical (unpaired) electrons. The Labute approximate surface area is 114 Å². The summed E-state index contributed by atoms with van der Waals surface area (Å²) in [6.07, 6.45) is 1.06. The second-order valence-electron chi connectivity index (χ2n) is 4.44. The van der Waals surface area contributed by atoms with E-state index in [9.17, 15) is 4.79 Å². The normalized spacial score (nSPS) is 11.1. The number of nitrogens with one attached hydrogen (secondary N) is 1. The molecule has 1 rings (SSSR count). The maximum Gasteiger partial charge on any atom is 0.407 e. The molecule has 0 saturated carbocycles. The maximum atomic E-state index is 11.4. The summed E-state index contributed by atoms with van der Waals surface area (Å²) in [5, 5.41) is 3.16. The van der Waals surface area contributed by atoms with Gasteiger partial charge in [-0.2, -0.15) is 0 Å². The first-order chi connectivity index (χ1) is 7.78. The number of carbonyl (C=O) groups is 1. The van der Waals surface area contributed by atoms with Gasteiger partial charge in [-0.3, -0.25) is 4.98 Å². The molecule has 0 aliphatic rings. The molecule has 1 heterocycles. The fourth-order valence-electron chi connectivity index (χ4n) is 1.04. The minimum absolute atomic E-state index is 0.284. The van der Waals surface area contributed by atoms with Crippen molar-refractivity contribution in [1.82, 2.24) is 10.3 Å². The minimum atomic E-state index is -0.505. The van der Waals surface area contributed by atoms with Crippen LogP contribution in [0.25, 0.3) is 0 Å². The van der Waals surface area contributed by atoms with Crippen LogP contribution in [0, 0.1) is 0 Å². The number of pyridine rings is 1. The van der Waals surface area contributed by atoms with Gasteiger partial charge in [0, 0.05) is 10.7 Å². The molecule has 0 bridgehead atoms. The van der Waals surface area contributed by atoms with Crippen LogP contribution in [0.1, 0.15) is 26.5 Å². The minimum Gasteiger partial charge on any atom is -0.444 e. The highest BCUT2D eigenvalue weighted by Gasteiger charge is 2.16. The summed E-state index contributed by atoms with van der Waals surface area (Å²) in [4.78, 5) is 15.5. The number of rotatable bonds is 2. The van der Waals surface area contributed by atoms with Gasteiger partial charge in [0.2, 0.25) is 0 Å². The number of alkyl carbamates (subject to hydrolysis) is 1. The van der Waals surface area contributed by atoms with E-state index in [1.54, 1.807) is 6.07 Å². The van der Waals surface area contributed by atoms with Crippen LogP contribution >= 0.6 is 27.5 Å². The highest BCUT2D eigenvalue weighted by Crippen LogP contribution is 2.19. The average Bonchev–Trinajstić information content (AvgIpc) is 2.13. The number of halogens is 2. The van der Waals surface area contributed by atoms with Crippen molar-refractivity contribution in [2.45, 2.75) is 32.9 Å². The zero-order valence-electron chi connectivity index (χ0n) is 9.88. The average molecular weight is 322 g/mol. The molecule has 1 amide bonds. The van der Waals surface area contributed by atoms with E-state index in [2.05, 4.69) is 26.2 Å². The molecule has 6 heteroatoms. The zero-order valence-corrected chi connectivity index (χ0v) is 12.2. The van der Waals surface area contributed by atoms with Crippen LogP contribution in [-0.4, -0.2) is 16.7 Å². The Morgan fingerprint density at radius 3 is 2.76 bits per heavy atom. The lowest BCUT2D eigenvalue weighted by atomic mass is 10.2. The quantitative estimate of drug-likeness (QED) is 0.906. The van der Waals surface area contributed by atoms with Crippen LogP contribution in [0.15, 0.2) is 16.7 Å². The molecule has 0 unspecified atom stereocenters. The highest BCUT2D eigenvalue weighted by molar-refractivity contribution is 9.10. The first-order valence-corrected chi connectivity index (χ1v) is 6.22. The molecule has 0 aromatic carbocycles. The van der Waals surface area contributed by atoms with E-state index in [1.165, 1.54) is 6.20 Å². The molecule has 0 atom stereocenters. The standard InChI is InChI=1S/C11H14BrClN2O2/c1-11(2,3)17-10(16)15-6-9-8(12)4-7(13)5-14-9/h4-5H,6H2,1-3H3,(H,15,16). The number of nitrogens with zero attached hydrogens (tertiary/aromatic N) is 1. The molecule has 0 aliphatic heterocycles. The van der Waals surface area contributed by atoms with Gasteiger partial charge in [0.25, 0.3) is 0 Å². The van der Waals surface area contributed by atoms with E-state index in [0.29, 0.717) is 10.7 Å². The van der Waals surface area contributed by atoms with Crippen LogP contribution in [0.4, 0.5) is 4.79 Å². The van der Waals surface area contributed by atoms with E-state index in [-0.39, 0.29) is 6.54 Å². The molecule has 0 fully saturated rings. The Balaban J connectivity index is 2.53. The molecule has 0 saturated heterocycles. The summed E-state index contributed by atoms with van der Waals surface area (Å²) in [5.41, 5.74) is 0.189. The second kappa shape index (κ2) is 5.69. The lowest BCUT2D eigenvalue weighted by Gasteiger charge is -2.19. The fourth-order valence-corrected chi connectivity index (χ4v) is 1.82. The first-order valence-electron chi connectivity index (χ1n) is 5.05. The topological polar surface area (TPSA) is 51.2 Å². The number of ether oxygens (including phenoxy) is 1. The highest BCUT2D eigenvalue weighted by atomic mass is 79.9. The molecule has 94 valence electrons. The van der Waals surface area contributed by atoms with Crippen molar-refractivity contribution in [2.75, 3.05) is 0 Å². The van der Waals surface area contributed by atoms with Gasteiger partial charge in [-0.15, -0.1) is 0 Å². The van der Waals surface area contributed by atoms with Crippen molar-refractivity contribution in [2.24, 2.45) is 0 Å². The smallest absolute Gasteiger partial charge is 0.407 e. The third kappa shape index (κ3) is 5.37. The zero-order chi connectivity index (χ0) is 13.1. The number of hydrogen-bond acceptors (Lipinski definition) is 3.